The second kappa shape index (κ2) is 7.05. The number of rotatable bonds is 6. The zero-order valence-corrected chi connectivity index (χ0v) is 9.93. The molecule has 0 unspecified atom stereocenters. The van der Waals surface area contributed by atoms with Gasteiger partial charge in [-0.1, -0.05) is 0 Å². The number of hydrogen-bond acceptors (Lipinski definition) is 3. The first-order chi connectivity index (χ1) is 7.40. The summed E-state index contributed by atoms with van der Waals surface area (Å²) in [6, 6.07) is -1.37. The molecule has 6 heteroatoms. The van der Waals surface area contributed by atoms with Crippen LogP contribution < -0.4 is 5.32 Å². The van der Waals surface area contributed by atoms with Crippen LogP contribution in [-0.4, -0.2) is 52.3 Å². The third kappa shape index (κ3) is 4.97. The van der Waals surface area contributed by atoms with E-state index < -0.39 is 18.0 Å². The summed E-state index contributed by atoms with van der Waals surface area (Å²) in [5, 5.41) is 19.7. The molecule has 0 aliphatic heterocycles. The average Bonchev–Trinajstić information content (AvgIpc) is 2.17. The first-order valence-electron chi connectivity index (χ1n) is 5.31. The minimum absolute atomic E-state index is 0.00494. The molecule has 0 aliphatic rings. The molecule has 1 atom stereocenters. The normalized spacial score (nSPS) is 12.3. The zero-order chi connectivity index (χ0) is 12.7. The van der Waals surface area contributed by atoms with Crippen molar-refractivity contribution < 1.29 is 19.8 Å². The van der Waals surface area contributed by atoms with Crippen LogP contribution in [0.3, 0.4) is 0 Å². The largest absolute Gasteiger partial charge is 0.480 e. The van der Waals surface area contributed by atoms with Crippen molar-refractivity contribution in [3.8, 4) is 0 Å². The number of carboxylic acid groups (broad SMARTS) is 1. The number of aliphatic hydroxyl groups is 1. The van der Waals surface area contributed by atoms with Gasteiger partial charge in [0, 0.05) is 19.2 Å². The Morgan fingerprint density at radius 2 is 1.88 bits per heavy atom. The molecule has 0 aromatic carbocycles. The van der Waals surface area contributed by atoms with Crippen LogP contribution in [0.1, 0.15) is 27.2 Å². The highest BCUT2D eigenvalue weighted by atomic mass is 16.4. The second-order valence-corrected chi connectivity index (χ2v) is 3.87. The van der Waals surface area contributed by atoms with Crippen LogP contribution in [0.5, 0.6) is 0 Å². The number of urea groups is 1. The van der Waals surface area contributed by atoms with Crippen LogP contribution in [0.4, 0.5) is 4.79 Å². The second-order valence-electron chi connectivity index (χ2n) is 3.87. The molecule has 0 rings (SSSR count). The molecule has 2 amide bonds. The molecule has 0 fully saturated rings. The monoisotopic (exact) mass is 232 g/mol. The highest BCUT2D eigenvalue weighted by molar-refractivity contribution is 5.82. The Bertz CT molecular complexity index is 243. The van der Waals surface area contributed by atoms with Gasteiger partial charge in [0.2, 0.25) is 0 Å². The molecule has 0 heterocycles. The quantitative estimate of drug-likeness (QED) is 0.613. The van der Waals surface area contributed by atoms with Crippen LogP contribution in [-0.2, 0) is 4.79 Å². The highest BCUT2D eigenvalue weighted by Gasteiger charge is 2.20. The van der Waals surface area contributed by atoms with Crippen LogP contribution in [0.25, 0.3) is 0 Å². The Labute approximate surface area is 95.2 Å². The van der Waals surface area contributed by atoms with Crippen molar-refractivity contribution in [1.29, 1.82) is 0 Å². The first-order valence-corrected chi connectivity index (χ1v) is 5.31. The third-order valence-corrected chi connectivity index (χ3v) is 2.15. The van der Waals surface area contributed by atoms with Gasteiger partial charge in [0.05, 0.1) is 0 Å². The highest BCUT2D eigenvalue weighted by Crippen LogP contribution is 2.01. The van der Waals surface area contributed by atoms with Crippen molar-refractivity contribution in [3.05, 3.63) is 0 Å². The predicted molar refractivity (Wildman–Crippen MR) is 59.2 cm³/mol. The van der Waals surface area contributed by atoms with E-state index in [4.69, 9.17) is 10.2 Å². The van der Waals surface area contributed by atoms with Gasteiger partial charge in [-0.25, -0.2) is 4.79 Å². The van der Waals surface area contributed by atoms with Crippen molar-refractivity contribution in [2.24, 2.45) is 0 Å². The maximum absolute atomic E-state index is 11.7. The molecule has 0 saturated carbocycles. The lowest BCUT2D eigenvalue weighted by Gasteiger charge is -2.27. The van der Waals surface area contributed by atoms with E-state index in [1.54, 1.807) is 0 Å². The number of aliphatic hydroxyl groups excluding tert-OH is 1. The number of carboxylic acids is 1. The smallest absolute Gasteiger partial charge is 0.325 e. The third-order valence-electron chi connectivity index (χ3n) is 2.15. The van der Waals surface area contributed by atoms with Gasteiger partial charge in [0.15, 0.2) is 0 Å². The van der Waals surface area contributed by atoms with Gasteiger partial charge < -0.3 is 20.4 Å². The fourth-order valence-electron chi connectivity index (χ4n) is 1.17. The van der Waals surface area contributed by atoms with Crippen molar-refractivity contribution >= 4 is 12.0 Å². The number of carbonyl (C=O) groups excluding carboxylic acids is 1. The molecule has 3 N–H and O–H groups in total. The van der Waals surface area contributed by atoms with Gasteiger partial charge in [-0.2, -0.15) is 0 Å². The van der Waals surface area contributed by atoms with Crippen LogP contribution in [0.2, 0.25) is 0 Å². The molecular formula is C10H20N2O4. The Hall–Kier alpha value is -1.30. The summed E-state index contributed by atoms with van der Waals surface area (Å²) in [5.41, 5.74) is 0. The summed E-state index contributed by atoms with van der Waals surface area (Å²) >= 11 is 0. The predicted octanol–water partition coefficient (Wildman–Crippen LogP) is 0.262. The van der Waals surface area contributed by atoms with Crippen molar-refractivity contribution in [2.45, 2.75) is 39.3 Å². The van der Waals surface area contributed by atoms with Crippen LogP contribution in [0.15, 0.2) is 0 Å². The van der Waals surface area contributed by atoms with E-state index in [0.717, 1.165) is 0 Å². The number of hydrogen-bond donors (Lipinski definition) is 3. The van der Waals surface area contributed by atoms with E-state index in [1.165, 1.54) is 11.8 Å². The molecule has 0 radical (unpaired) electrons. The van der Waals surface area contributed by atoms with Gasteiger partial charge in [-0.05, 0) is 27.2 Å². The summed E-state index contributed by atoms with van der Waals surface area (Å²) in [7, 11) is 0. The van der Waals surface area contributed by atoms with E-state index in [-0.39, 0.29) is 12.6 Å². The number of amides is 2. The summed E-state index contributed by atoms with van der Waals surface area (Å²) in [5.74, 6) is -1.07. The lowest BCUT2D eigenvalue weighted by molar-refractivity contribution is -0.138. The Morgan fingerprint density at radius 3 is 2.25 bits per heavy atom. The fraction of sp³-hybridized carbons (Fsp3) is 0.800. The summed E-state index contributed by atoms with van der Waals surface area (Å²) in [6.07, 6.45) is 0.479. The molecular weight excluding hydrogens is 212 g/mol. The maximum atomic E-state index is 11.7. The standard InChI is InChI=1S/C10H20N2O4/c1-7(2)12(5-4-6-13)10(16)11-8(3)9(14)15/h7-8,13H,4-6H2,1-3H3,(H,11,16)(H,14,15)/t8-/m0/s1. The fourth-order valence-corrected chi connectivity index (χ4v) is 1.17. The van der Waals surface area contributed by atoms with Crippen LogP contribution in [0, 0.1) is 0 Å². The van der Waals surface area contributed by atoms with Crippen molar-refractivity contribution in [3.63, 3.8) is 0 Å². The molecule has 0 bridgehead atoms. The van der Waals surface area contributed by atoms with E-state index in [2.05, 4.69) is 5.32 Å². The van der Waals surface area contributed by atoms with E-state index in [1.807, 2.05) is 13.8 Å². The summed E-state index contributed by atoms with van der Waals surface area (Å²) in [6.45, 7) is 5.49. The zero-order valence-electron chi connectivity index (χ0n) is 9.93. The molecule has 0 aromatic rings. The SMILES string of the molecule is CC(C)N(CCCO)C(=O)N[C@@H](C)C(=O)O. The number of aliphatic carboxylic acids is 1. The number of nitrogens with one attached hydrogen (secondary N) is 1. The van der Waals surface area contributed by atoms with Gasteiger partial charge >= 0.3 is 12.0 Å². The minimum atomic E-state index is -1.07. The summed E-state index contributed by atoms with van der Waals surface area (Å²) in [4.78, 5) is 23.7. The van der Waals surface area contributed by atoms with Gasteiger partial charge in [-0.15, -0.1) is 0 Å². The Balaban J connectivity index is 4.32. The van der Waals surface area contributed by atoms with Crippen molar-refractivity contribution in [1.82, 2.24) is 10.2 Å². The van der Waals surface area contributed by atoms with Crippen LogP contribution >= 0.6 is 0 Å². The van der Waals surface area contributed by atoms with E-state index in [0.29, 0.717) is 13.0 Å². The first kappa shape index (κ1) is 14.7. The molecule has 0 aliphatic carbocycles. The Kier molecular flexibility index (Phi) is 6.48. The molecule has 0 saturated heterocycles. The van der Waals surface area contributed by atoms with Gasteiger partial charge in [0.25, 0.3) is 0 Å². The van der Waals surface area contributed by atoms with Gasteiger partial charge in [0.1, 0.15) is 6.04 Å². The van der Waals surface area contributed by atoms with Gasteiger partial charge in [-0.3, -0.25) is 4.79 Å². The molecule has 0 spiro atoms. The van der Waals surface area contributed by atoms with E-state index in [9.17, 15) is 9.59 Å². The molecule has 16 heavy (non-hydrogen) atoms. The topological polar surface area (TPSA) is 89.9 Å². The number of carbonyl (C=O) groups is 2. The lowest BCUT2D eigenvalue weighted by atomic mass is 10.3. The molecule has 94 valence electrons. The average molecular weight is 232 g/mol. The lowest BCUT2D eigenvalue weighted by Crippen LogP contribution is -2.49. The molecule has 0 aromatic heterocycles. The number of nitrogens with zero attached hydrogens (tertiary/aromatic N) is 1. The summed E-state index contributed by atoms with van der Waals surface area (Å²) < 4.78 is 0. The minimum Gasteiger partial charge on any atom is -0.480 e. The van der Waals surface area contributed by atoms with E-state index >= 15 is 0 Å². The molecule has 6 nitrogen and oxygen atoms in total. The van der Waals surface area contributed by atoms with Crippen molar-refractivity contribution in [2.75, 3.05) is 13.2 Å². The maximum Gasteiger partial charge on any atom is 0.325 e. The Morgan fingerprint density at radius 1 is 1.31 bits per heavy atom.